The average Bonchev–Trinajstić information content (AvgIpc) is 2.41. The third-order valence-corrected chi connectivity index (χ3v) is 2.82. The summed E-state index contributed by atoms with van der Waals surface area (Å²) in [4.78, 5) is 18.2. The zero-order valence-corrected chi connectivity index (χ0v) is 11.4. The first-order chi connectivity index (χ1) is 9.10. The van der Waals surface area contributed by atoms with E-state index in [1.807, 2.05) is 0 Å². The second-order valence-corrected chi connectivity index (χ2v) is 4.30. The topological polar surface area (TPSA) is 81.5 Å². The highest BCUT2D eigenvalue weighted by molar-refractivity contribution is 9.10. The number of methoxy groups -OCH3 is 1. The third kappa shape index (κ3) is 3.19. The standard InChI is InChI=1S/C12H9BrN2O4/c1-18-7-2-3-10(8(13)4-7)19-11-6-14-9(5-15-11)12(16)17/h2-6H,1H3,(H,16,17). The van der Waals surface area contributed by atoms with Crippen LogP contribution in [0, 0.1) is 0 Å². The van der Waals surface area contributed by atoms with E-state index in [1.165, 1.54) is 6.20 Å². The normalized spacial score (nSPS) is 10.0. The van der Waals surface area contributed by atoms with Crippen molar-refractivity contribution in [2.45, 2.75) is 0 Å². The number of nitrogens with zero attached hydrogens (tertiary/aromatic N) is 2. The van der Waals surface area contributed by atoms with E-state index in [9.17, 15) is 4.79 Å². The molecule has 0 fully saturated rings. The van der Waals surface area contributed by atoms with Gasteiger partial charge in [0, 0.05) is 0 Å². The molecule has 0 amide bonds. The fourth-order valence-electron chi connectivity index (χ4n) is 1.28. The van der Waals surface area contributed by atoms with Crippen molar-refractivity contribution in [1.82, 2.24) is 9.97 Å². The number of carboxylic acid groups (broad SMARTS) is 1. The van der Waals surface area contributed by atoms with Gasteiger partial charge in [0.2, 0.25) is 5.88 Å². The first-order valence-electron chi connectivity index (χ1n) is 5.17. The van der Waals surface area contributed by atoms with Gasteiger partial charge in [0.25, 0.3) is 0 Å². The maximum atomic E-state index is 10.6. The Balaban J connectivity index is 2.19. The van der Waals surface area contributed by atoms with E-state index < -0.39 is 5.97 Å². The van der Waals surface area contributed by atoms with Crippen LogP contribution in [0.1, 0.15) is 10.5 Å². The van der Waals surface area contributed by atoms with Gasteiger partial charge in [-0.2, -0.15) is 0 Å². The number of aromatic nitrogens is 2. The summed E-state index contributed by atoms with van der Waals surface area (Å²) < 4.78 is 11.2. The predicted octanol–water partition coefficient (Wildman–Crippen LogP) is 2.74. The van der Waals surface area contributed by atoms with Gasteiger partial charge >= 0.3 is 5.97 Å². The number of benzene rings is 1. The van der Waals surface area contributed by atoms with Crippen LogP contribution in [0.25, 0.3) is 0 Å². The van der Waals surface area contributed by atoms with Crippen molar-refractivity contribution in [1.29, 1.82) is 0 Å². The van der Waals surface area contributed by atoms with Gasteiger partial charge in [-0.25, -0.2) is 14.8 Å². The predicted molar refractivity (Wildman–Crippen MR) is 69.8 cm³/mol. The monoisotopic (exact) mass is 324 g/mol. The highest BCUT2D eigenvalue weighted by Gasteiger charge is 2.08. The Morgan fingerprint density at radius 1 is 1.32 bits per heavy atom. The van der Waals surface area contributed by atoms with Crippen molar-refractivity contribution >= 4 is 21.9 Å². The molecule has 98 valence electrons. The molecule has 0 spiro atoms. The maximum Gasteiger partial charge on any atom is 0.356 e. The van der Waals surface area contributed by atoms with E-state index >= 15 is 0 Å². The Morgan fingerprint density at radius 3 is 2.63 bits per heavy atom. The highest BCUT2D eigenvalue weighted by atomic mass is 79.9. The zero-order chi connectivity index (χ0) is 13.8. The first kappa shape index (κ1) is 13.3. The van der Waals surface area contributed by atoms with Crippen molar-refractivity contribution < 1.29 is 19.4 Å². The molecular weight excluding hydrogens is 316 g/mol. The minimum Gasteiger partial charge on any atom is -0.497 e. The number of carboxylic acids is 1. The van der Waals surface area contributed by atoms with Crippen LogP contribution in [0.15, 0.2) is 35.1 Å². The minimum absolute atomic E-state index is 0.138. The van der Waals surface area contributed by atoms with E-state index in [-0.39, 0.29) is 11.6 Å². The summed E-state index contributed by atoms with van der Waals surface area (Å²) in [5, 5.41) is 8.70. The van der Waals surface area contributed by atoms with Crippen LogP contribution in [-0.2, 0) is 0 Å². The molecule has 0 atom stereocenters. The molecular formula is C12H9BrN2O4. The molecule has 19 heavy (non-hydrogen) atoms. The summed E-state index contributed by atoms with van der Waals surface area (Å²) in [6, 6.07) is 5.18. The summed E-state index contributed by atoms with van der Waals surface area (Å²) in [6.07, 6.45) is 2.38. The lowest BCUT2D eigenvalue weighted by Gasteiger charge is -2.07. The Labute approximate surface area is 117 Å². The molecule has 2 rings (SSSR count). The Kier molecular flexibility index (Phi) is 3.96. The summed E-state index contributed by atoms with van der Waals surface area (Å²) in [7, 11) is 1.57. The summed E-state index contributed by atoms with van der Waals surface area (Å²) in [5.41, 5.74) is -0.138. The van der Waals surface area contributed by atoms with Crippen molar-refractivity contribution in [2.75, 3.05) is 7.11 Å². The van der Waals surface area contributed by atoms with Gasteiger partial charge in [0.05, 0.1) is 24.0 Å². The van der Waals surface area contributed by atoms with Crippen LogP contribution >= 0.6 is 15.9 Å². The lowest BCUT2D eigenvalue weighted by molar-refractivity contribution is 0.0690. The SMILES string of the molecule is COc1ccc(Oc2cnc(C(=O)O)cn2)c(Br)c1. The van der Waals surface area contributed by atoms with Crippen molar-refractivity contribution in [3.8, 4) is 17.4 Å². The second kappa shape index (κ2) is 5.66. The van der Waals surface area contributed by atoms with Gasteiger partial charge < -0.3 is 14.6 Å². The molecule has 2 aromatic rings. The highest BCUT2D eigenvalue weighted by Crippen LogP contribution is 2.31. The molecule has 0 aliphatic carbocycles. The second-order valence-electron chi connectivity index (χ2n) is 3.44. The number of rotatable bonds is 4. The maximum absolute atomic E-state index is 10.6. The van der Waals surface area contributed by atoms with E-state index in [0.717, 1.165) is 6.20 Å². The van der Waals surface area contributed by atoms with Gasteiger partial charge in [0.1, 0.15) is 11.5 Å². The molecule has 0 saturated carbocycles. The number of aromatic carboxylic acids is 1. The number of hydrogen-bond donors (Lipinski definition) is 1. The fourth-order valence-corrected chi connectivity index (χ4v) is 1.72. The summed E-state index contributed by atoms with van der Waals surface area (Å²) >= 11 is 3.34. The third-order valence-electron chi connectivity index (χ3n) is 2.20. The van der Waals surface area contributed by atoms with Gasteiger partial charge in [0.15, 0.2) is 5.69 Å². The summed E-state index contributed by atoms with van der Waals surface area (Å²) in [6.45, 7) is 0. The molecule has 1 heterocycles. The quantitative estimate of drug-likeness (QED) is 0.931. The van der Waals surface area contributed by atoms with Crippen LogP contribution in [0.5, 0.6) is 17.4 Å². The summed E-state index contributed by atoms with van der Waals surface area (Å²) in [5.74, 6) is 0.283. The number of ether oxygens (including phenoxy) is 2. The van der Waals surface area contributed by atoms with Crippen LogP contribution in [0.4, 0.5) is 0 Å². The molecule has 0 aliphatic rings. The molecule has 6 nitrogen and oxygen atoms in total. The molecule has 0 unspecified atom stereocenters. The molecule has 0 bridgehead atoms. The van der Waals surface area contributed by atoms with Gasteiger partial charge in [-0.05, 0) is 34.1 Å². The van der Waals surface area contributed by atoms with Gasteiger partial charge in [-0.3, -0.25) is 0 Å². The molecule has 7 heteroatoms. The molecule has 0 saturated heterocycles. The zero-order valence-electron chi connectivity index (χ0n) is 9.83. The Bertz CT molecular complexity index is 601. The first-order valence-corrected chi connectivity index (χ1v) is 5.96. The van der Waals surface area contributed by atoms with Crippen molar-refractivity contribution in [3.05, 3.63) is 40.8 Å². The van der Waals surface area contributed by atoms with Crippen LogP contribution in [0.2, 0.25) is 0 Å². The molecule has 1 aromatic heterocycles. The van der Waals surface area contributed by atoms with Gasteiger partial charge in [-0.15, -0.1) is 0 Å². The Hall–Kier alpha value is -2.15. The van der Waals surface area contributed by atoms with Gasteiger partial charge in [-0.1, -0.05) is 0 Å². The smallest absolute Gasteiger partial charge is 0.356 e. The number of hydrogen-bond acceptors (Lipinski definition) is 5. The van der Waals surface area contributed by atoms with Crippen molar-refractivity contribution in [3.63, 3.8) is 0 Å². The van der Waals surface area contributed by atoms with Crippen LogP contribution in [-0.4, -0.2) is 28.2 Å². The van der Waals surface area contributed by atoms with E-state index in [1.54, 1.807) is 25.3 Å². The minimum atomic E-state index is -1.13. The molecule has 1 aromatic carbocycles. The largest absolute Gasteiger partial charge is 0.497 e. The molecule has 0 radical (unpaired) electrons. The Morgan fingerprint density at radius 2 is 2.11 bits per heavy atom. The molecule has 1 N–H and O–H groups in total. The van der Waals surface area contributed by atoms with Crippen LogP contribution in [0.3, 0.4) is 0 Å². The lowest BCUT2D eigenvalue weighted by Crippen LogP contribution is -2.01. The van der Waals surface area contributed by atoms with Crippen molar-refractivity contribution in [2.24, 2.45) is 0 Å². The number of carbonyl (C=O) groups is 1. The van der Waals surface area contributed by atoms with E-state index in [4.69, 9.17) is 14.6 Å². The molecule has 0 aliphatic heterocycles. The van der Waals surface area contributed by atoms with Crippen LogP contribution < -0.4 is 9.47 Å². The fraction of sp³-hybridized carbons (Fsp3) is 0.0833. The van der Waals surface area contributed by atoms with E-state index in [2.05, 4.69) is 25.9 Å². The van der Waals surface area contributed by atoms with E-state index in [0.29, 0.717) is 16.0 Å². The lowest BCUT2D eigenvalue weighted by atomic mass is 10.3. The average molecular weight is 325 g/mol. The number of halogens is 1.